The topological polar surface area (TPSA) is 106 Å². The molecule has 0 radical (unpaired) electrons. The van der Waals surface area contributed by atoms with Crippen LogP contribution in [0, 0.1) is 15.9 Å². The van der Waals surface area contributed by atoms with Gasteiger partial charge in [-0.2, -0.15) is 5.10 Å². The summed E-state index contributed by atoms with van der Waals surface area (Å²) in [5.74, 6) is -0.958. The number of halogens is 1. The molecule has 1 aromatic rings. The summed E-state index contributed by atoms with van der Waals surface area (Å²) in [4.78, 5) is 9.92. The number of hydrazine groups is 1. The monoisotopic (exact) mass is 225 g/mol. The number of hydrogen-bond donors (Lipinski definition) is 2. The number of nitrogens with two attached hydrogens (primary N) is 1. The van der Waals surface area contributed by atoms with Gasteiger partial charge in [0.1, 0.15) is 5.82 Å². The fourth-order valence-electron chi connectivity index (χ4n) is 0.849. The molecule has 0 fully saturated rings. The fourth-order valence-corrected chi connectivity index (χ4v) is 0.849. The van der Waals surface area contributed by atoms with Gasteiger partial charge >= 0.3 is 0 Å². The van der Waals surface area contributed by atoms with Crippen molar-refractivity contribution in [2.45, 2.75) is 0 Å². The third-order valence-corrected chi connectivity index (χ3v) is 1.47. The second kappa shape index (κ2) is 5.39. The molecule has 0 unspecified atom stereocenters. The molecular weight excluding hydrogens is 217 g/mol. The Morgan fingerprint density at radius 1 is 1.56 bits per heavy atom. The van der Waals surface area contributed by atoms with Crippen molar-refractivity contribution in [3.05, 3.63) is 45.8 Å². The first-order chi connectivity index (χ1) is 7.59. The molecule has 0 heterocycles. The highest BCUT2D eigenvalue weighted by atomic mass is 19.1. The SMILES string of the molecule is NC(=NN=Cc1ccccc1F)N[N+](=O)[O-]. The highest BCUT2D eigenvalue weighted by Gasteiger charge is 1.98. The fraction of sp³-hybridized carbons (Fsp3) is 0. The average Bonchev–Trinajstić information content (AvgIpc) is 2.19. The van der Waals surface area contributed by atoms with Gasteiger partial charge < -0.3 is 5.73 Å². The summed E-state index contributed by atoms with van der Waals surface area (Å²) in [6.07, 6.45) is 1.10. The van der Waals surface area contributed by atoms with E-state index in [2.05, 4.69) is 10.2 Å². The molecule has 3 N–H and O–H groups in total. The number of benzene rings is 1. The number of rotatable bonds is 3. The van der Waals surface area contributed by atoms with Crippen LogP contribution in [0.5, 0.6) is 0 Å². The first-order valence-corrected chi connectivity index (χ1v) is 4.11. The molecule has 8 heteroatoms. The van der Waals surface area contributed by atoms with Crippen molar-refractivity contribution in [2.75, 3.05) is 0 Å². The molecule has 84 valence electrons. The molecule has 0 atom stereocenters. The predicted molar refractivity (Wildman–Crippen MR) is 55.7 cm³/mol. The van der Waals surface area contributed by atoms with Crippen molar-refractivity contribution in [3.63, 3.8) is 0 Å². The van der Waals surface area contributed by atoms with Crippen LogP contribution >= 0.6 is 0 Å². The Labute approximate surface area is 89.6 Å². The Kier molecular flexibility index (Phi) is 3.90. The summed E-state index contributed by atoms with van der Waals surface area (Å²) in [6, 6.07) is 5.88. The molecule has 7 nitrogen and oxygen atoms in total. The molecule has 0 aliphatic heterocycles. The lowest BCUT2D eigenvalue weighted by molar-refractivity contribution is -0.525. The molecule has 1 rings (SSSR count). The Morgan fingerprint density at radius 2 is 2.25 bits per heavy atom. The van der Waals surface area contributed by atoms with E-state index >= 15 is 0 Å². The minimum atomic E-state index is -0.878. The van der Waals surface area contributed by atoms with Crippen LogP contribution in [-0.2, 0) is 0 Å². The molecule has 1 aromatic carbocycles. The highest BCUT2D eigenvalue weighted by Crippen LogP contribution is 2.02. The van der Waals surface area contributed by atoms with E-state index in [-0.39, 0.29) is 5.56 Å². The van der Waals surface area contributed by atoms with E-state index in [0.29, 0.717) is 0 Å². The summed E-state index contributed by atoms with van der Waals surface area (Å²) in [6.45, 7) is 0. The van der Waals surface area contributed by atoms with E-state index in [0.717, 1.165) is 6.21 Å². The van der Waals surface area contributed by atoms with Crippen molar-refractivity contribution < 1.29 is 9.42 Å². The van der Waals surface area contributed by atoms with Gasteiger partial charge in [0.05, 0.1) is 6.21 Å². The average molecular weight is 225 g/mol. The highest BCUT2D eigenvalue weighted by molar-refractivity contribution is 5.81. The van der Waals surface area contributed by atoms with Gasteiger partial charge in [-0.05, 0) is 6.07 Å². The molecule has 0 aliphatic carbocycles. The van der Waals surface area contributed by atoms with Gasteiger partial charge in [0, 0.05) is 5.56 Å². The minimum Gasteiger partial charge on any atom is -0.364 e. The van der Waals surface area contributed by atoms with Crippen LogP contribution in [0.2, 0.25) is 0 Å². The maximum absolute atomic E-state index is 13.0. The zero-order chi connectivity index (χ0) is 12.0. The molecule has 16 heavy (non-hydrogen) atoms. The minimum absolute atomic E-state index is 0.208. The van der Waals surface area contributed by atoms with E-state index in [1.165, 1.54) is 18.2 Å². The number of nitrogens with zero attached hydrogens (tertiary/aromatic N) is 3. The van der Waals surface area contributed by atoms with Crippen LogP contribution in [0.25, 0.3) is 0 Å². The van der Waals surface area contributed by atoms with Crippen molar-refractivity contribution in [1.82, 2.24) is 5.43 Å². The second-order valence-corrected chi connectivity index (χ2v) is 2.62. The zero-order valence-electron chi connectivity index (χ0n) is 8.00. The molecule has 0 aliphatic rings. The largest absolute Gasteiger partial charge is 0.364 e. The lowest BCUT2D eigenvalue weighted by atomic mass is 10.2. The third kappa shape index (κ3) is 3.70. The van der Waals surface area contributed by atoms with Crippen LogP contribution in [0.1, 0.15) is 5.56 Å². The van der Waals surface area contributed by atoms with E-state index in [1.54, 1.807) is 11.5 Å². The van der Waals surface area contributed by atoms with Gasteiger partial charge in [0.2, 0.25) is 0 Å². The quantitative estimate of drug-likeness (QED) is 0.333. The number of nitro groups is 1. The normalized spacial score (nSPS) is 11.7. The van der Waals surface area contributed by atoms with Crippen LogP contribution in [-0.4, -0.2) is 17.2 Å². The lowest BCUT2D eigenvalue weighted by Gasteiger charge is -1.93. The number of hydrogen-bond acceptors (Lipinski definition) is 4. The first kappa shape index (κ1) is 11.6. The van der Waals surface area contributed by atoms with Gasteiger partial charge in [-0.25, -0.2) is 14.5 Å². The first-order valence-electron chi connectivity index (χ1n) is 4.11. The maximum Gasteiger partial charge on any atom is 0.275 e. The summed E-state index contributed by atoms with van der Waals surface area (Å²) < 4.78 is 13.0. The molecular formula is C8H8FN5O2. The van der Waals surface area contributed by atoms with Crippen LogP contribution in [0.15, 0.2) is 34.5 Å². The van der Waals surface area contributed by atoms with Gasteiger partial charge in [-0.1, -0.05) is 23.6 Å². The van der Waals surface area contributed by atoms with Gasteiger partial charge in [0.15, 0.2) is 5.03 Å². The molecule has 0 saturated heterocycles. The second-order valence-electron chi connectivity index (χ2n) is 2.62. The van der Waals surface area contributed by atoms with Crippen molar-refractivity contribution in [1.29, 1.82) is 0 Å². The van der Waals surface area contributed by atoms with Crippen LogP contribution in [0.4, 0.5) is 4.39 Å². The summed E-state index contributed by atoms with van der Waals surface area (Å²) >= 11 is 0. The Balaban J connectivity index is 2.68. The van der Waals surface area contributed by atoms with Crippen molar-refractivity contribution in [2.24, 2.45) is 15.9 Å². The molecule has 0 aromatic heterocycles. The summed E-state index contributed by atoms with van der Waals surface area (Å²) in [5, 5.41) is 15.7. The lowest BCUT2D eigenvalue weighted by Crippen LogP contribution is -2.35. The van der Waals surface area contributed by atoms with E-state index in [1.807, 2.05) is 0 Å². The number of nitrogens with one attached hydrogen (secondary N) is 1. The van der Waals surface area contributed by atoms with Gasteiger partial charge in [-0.15, -0.1) is 5.10 Å². The third-order valence-electron chi connectivity index (χ3n) is 1.47. The zero-order valence-corrected chi connectivity index (χ0v) is 8.00. The molecule has 0 saturated carbocycles. The van der Waals surface area contributed by atoms with Gasteiger partial charge in [-0.3, -0.25) is 0 Å². The number of guanidine groups is 1. The Hall–Kier alpha value is -2.51. The molecule has 0 bridgehead atoms. The van der Waals surface area contributed by atoms with Crippen molar-refractivity contribution >= 4 is 12.2 Å². The van der Waals surface area contributed by atoms with E-state index in [9.17, 15) is 14.5 Å². The molecule has 0 amide bonds. The van der Waals surface area contributed by atoms with E-state index < -0.39 is 16.8 Å². The Morgan fingerprint density at radius 3 is 2.88 bits per heavy atom. The standard InChI is InChI=1S/C8H8FN5O2/c9-7-4-2-1-3-6(7)5-11-12-8(10)13-14(15)16/h1-5H,(H3,10,12,13). The molecule has 0 spiro atoms. The van der Waals surface area contributed by atoms with Crippen LogP contribution in [0.3, 0.4) is 0 Å². The predicted octanol–water partition coefficient (Wildman–Crippen LogP) is 0.256. The summed E-state index contributed by atoms with van der Waals surface area (Å²) in [5.41, 5.74) is 6.86. The van der Waals surface area contributed by atoms with E-state index in [4.69, 9.17) is 5.73 Å². The maximum atomic E-state index is 13.0. The Bertz CT molecular complexity index is 446. The summed E-state index contributed by atoms with van der Waals surface area (Å²) in [7, 11) is 0. The smallest absolute Gasteiger partial charge is 0.275 e. The van der Waals surface area contributed by atoms with Crippen molar-refractivity contribution in [3.8, 4) is 0 Å². The van der Waals surface area contributed by atoms with Crippen LogP contribution < -0.4 is 11.2 Å². The van der Waals surface area contributed by atoms with Gasteiger partial charge in [0.25, 0.3) is 5.96 Å².